The third-order valence-electron chi connectivity index (χ3n) is 3.31. The Morgan fingerprint density at radius 1 is 1.09 bits per heavy atom. The van der Waals surface area contributed by atoms with Crippen LogP contribution in [0.5, 0.6) is 0 Å². The molecule has 2 aromatic rings. The average Bonchev–Trinajstić information content (AvgIpc) is 2.53. The van der Waals surface area contributed by atoms with Gasteiger partial charge in [0.05, 0.1) is 11.8 Å². The van der Waals surface area contributed by atoms with Crippen LogP contribution < -0.4 is 4.72 Å². The van der Waals surface area contributed by atoms with Gasteiger partial charge in [-0.3, -0.25) is 4.98 Å². The SMILES string of the molecule is CCCCS(=O)(=O)NC(c1ccncc1)c1ccc(F)cc1. The highest BCUT2D eigenvalue weighted by molar-refractivity contribution is 7.89. The van der Waals surface area contributed by atoms with Gasteiger partial charge in [0.1, 0.15) is 5.82 Å². The first-order chi connectivity index (χ1) is 10.5. The molecular weight excluding hydrogens is 303 g/mol. The molecule has 1 aromatic carbocycles. The van der Waals surface area contributed by atoms with Gasteiger partial charge in [-0.15, -0.1) is 0 Å². The second-order valence-electron chi connectivity index (χ2n) is 5.06. The summed E-state index contributed by atoms with van der Waals surface area (Å²) in [6.07, 6.45) is 4.61. The van der Waals surface area contributed by atoms with Crippen molar-refractivity contribution in [3.8, 4) is 0 Å². The minimum Gasteiger partial charge on any atom is -0.265 e. The van der Waals surface area contributed by atoms with Gasteiger partial charge in [-0.2, -0.15) is 0 Å². The molecule has 0 aliphatic heterocycles. The highest BCUT2D eigenvalue weighted by atomic mass is 32.2. The number of hydrogen-bond donors (Lipinski definition) is 1. The van der Waals surface area contributed by atoms with E-state index in [0.717, 1.165) is 12.0 Å². The van der Waals surface area contributed by atoms with E-state index in [1.807, 2.05) is 6.92 Å². The van der Waals surface area contributed by atoms with E-state index in [0.29, 0.717) is 12.0 Å². The Bertz CT molecular complexity index is 688. The van der Waals surface area contributed by atoms with Crippen LogP contribution in [0.2, 0.25) is 0 Å². The van der Waals surface area contributed by atoms with Gasteiger partial charge < -0.3 is 0 Å². The monoisotopic (exact) mass is 322 g/mol. The summed E-state index contributed by atoms with van der Waals surface area (Å²) in [5.74, 6) is -0.280. The normalized spacial score (nSPS) is 13.0. The summed E-state index contributed by atoms with van der Waals surface area (Å²) >= 11 is 0. The third-order valence-corrected chi connectivity index (χ3v) is 4.73. The van der Waals surface area contributed by atoms with Crippen LogP contribution in [0.15, 0.2) is 48.8 Å². The summed E-state index contributed by atoms with van der Waals surface area (Å²) in [6.45, 7) is 1.94. The Kier molecular flexibility index (Phi) is 5.63. The molecule has 0 bridgehead atoms. The zero-order valence-electron chi connectivity index (χ0n) is 12.4. The van der Waals surface area contributed by atoms with Crippen LogP contribution in [0.1, 0.15) is 36.9 Å². The van der Waals surface area contributed by atoms with Crippen LogP contribution in [0.25, 0.3) is 0 Å². The molecule has 0 aliphatic rings. The molecule has 0 saturated heterocycles. The summed E-state index contributed by atoms with van der Waals surface area (Å²) in [5.41, 5.74) is 1.45. The highest BCUT2D eigenvalue weighted by Gasteiger charge is 2.20. The van der Waals surface area contributed by atoms with Gasteiger partial charge in [-0.1, -0.05) is 25.5 Å². The number of unbranched alkanes of at least 4 members (excludes halogenated alkanes) is 1. The van der Waals surface area contributed by atoms with Crippen LogP contribution in [0.4, 0.5) is 4.39 Å². The van der Waals surface area contributed by atoms with E-state index in [1.165, 1.54) is 12.1 Å². The molecule has 1 atom stereocenters. The molecule has 118 valence electrons. The summed E-state index contributed by atoms with van der Waals surface area (Å²) in [4.78, 5) is 3.94. The van der Waals surface area contributed by atoms with Crippen molar-refractivity contribution in [1.82, 2.24) is 9.71 Å². The van der Waals surface area contributed by atoms with Crippen molar-refractivity contribution in [3.63, 3.8) is 0 Å². The first-order valence-electron chi connectivity index (χ1n) is 7.17. The van der Waals surface area contributed by atoms with Gasteiger partial charge in [0.15, 0.2) is 0 Å². The van der Waals surface area contributed by atoms with Crippen molar-refractivity contribution < 1.29 is 12.8 Å². The first kappa shape index (κ1) is 16.6. The third kappa shape index (κ3) is 4.61. The fraction of sp³-hybridized carbons (Fsp3) is 0.312. The average molecular weight is 322 g/mol. The van der Waals surface area contributed by atoms with Gasteiger partial charge >= 0.3 is 0 Å². The zero-order valence-corrected chi connectivity index (χ0v) is 13.2. The maximum absolute atomic E-state index is 13.1. The quantitative estimate of drug-likeness (QED) is 0.852. The van der Waals surface area contributed by atoms with Crippen LogP contribution >= 0.6 is 0 Å². The zero-order chi connectivity index (χ0) is 16.0. The Morgan fingerprint density at radius 2 is 1.68 bits per heavy atom. The van der Waals surface area contributed by atoms with E-state index in [-0.39, 0.29) is 11.6 Å². The Labute approximate surface area is 130 Å². The Hall–Kier alpha value is -1.79. The van der Waals surface area contributed by atoms with E-state index in [1.54, 1.807) is 36.7 Å². The van der Waals surface area contributed by atoms with E-state index in [4.69, 9.17) is 0 Å². The predicted octanol–water partition coefficient (Wildman–Crippen LogP) is 3.03. The molecule has 0 radical (unpaired) electrons. The van der Waals surface area contributed by atoms with Crippen molar-refractivity contribution in [2.24, 2.45) is 0 Å². The maximum atomic E-state index is 13.1. The number of halogens is 1. The maximum Gasteiger partial charge on any atom is 0.212 e. The lowest BCUT2D eigenvalue weighted by Gasteiger charge is -2.19. The topological polar surface area (TPSA) is 59.1 Å². The molecule has 4 nitrogen and oxygen atoms in total. The minimum atomic E-state index is -3.41. The number of pyridine rings is 1. The molecule has 1 N–H and O–H groups in total. The van der Waals surface area contributed by atoms with Crippen LogP contribution in [0, 0.1) is 5.82 Å². The lowest BCUT2D eigenvalue weighted by molar-refractivity contribution is 0.568. The van der Waals surface area contributed by atoms with Crippen molar-refractivity contribution in [2.75, 3.05) is 5.75 Å². The molecule has 1 heterocycles. The molecule has 0 saturated carbocycles. The highest BCUT2D eigenvalue weighted by Crippen LogP contribution is 2.23. The van der Waals surface area contributed by atoms with E-state index in [9.17, 15) is 12.8 Å². The number of nitrogens with one attached hydrogen (secondary N) is 1. The molecule has 0 aliphatic carbocycles. The molecule has 0 spiro atoms. The smallest absolute Gasteiger partial charge is 0.212 e. The minimum absolute atomic E-state index is 0.0757. The number of sulfonamides is 1. The van der Waals surface area contributed by atoms with Crippen molar-refractivity contribution in [1.29, 1.82) is 0 Å². The summed E-state index contributed by atoms with van der Waals surface area (Å²) in [5, 5.41) is 0. The summed E-state index contributed by atoms with van der Waals surface area (Å²) in [7, 11) is -3.41. The molecule has 1 unspecified atom stereocenters. The summed E-state index contributed by atoms with van der Waals surface area (Å²) in [6, 6.07) is 8.76. The van der Waals surface area contributed by atoms with Gasteiger partial charge in [0, 0.05) is 12.4 Å². The predicted molar refractivity (Wildman–Crippen MR) is 84.3 cm³/mol. The van der Waals surface area contributed by atoms with E-state index in [2.05, 4.69) is 9.71 Å². The second-order valence-corrected chi connectivity index (χ2v) is 6.93. The van der Waals surface area contributed by atoms with Gasteiger partial charge in [-0.25, -0.2) is 17.5 Å². The standard InChI is InChI=1S/C16H19FN2O2S/c1-2-3-12-22(20,21)19-16(14-8-10-18-11-9-14)13-4-6-15(17)7-5-13/h4-11,16,19H,2-3,12H2,1H3. The van der Waals surface area contributed by atoms with Gasteiger partial charge in [0.2, 0.25) is 10.0 Å². The molecular formula is C16H19FN2O2S. The largest absolute Gasteiger partial charge is 0.265 e. The van der Waals surface area contributed by atoms with Crippen molar-refractivity contribution in [2.45, 2.75) is 25.8 Å². The number of rotatable bonds is 7. The molecule has 2 rings (SSSR count). The molecule has 0 amide bonds. The van der Waals surface area contributed by atoms with Crippen molar-refractivity contribution in [3.05, 3.63) is 65.7 Å². The number of hydrogen-bond acceptors (Lipinski definition) is 3. The van der Waals surface area contributed by atoms with E-state index >= 15 is 0 Å². The first-order valence-corrected chi connectivity index (χ1v) is 8.82. The van der Waals surface area contributed by atoms with Crippen LogP contribution in [-0.2, 0) is 10.0 Å². The fourth-order valence-electron chi connectivity index (χ4n) is 2.11. The lowest BCUT2D eigenvalue weighted by Crippen LogP contribution is -2.31. The molecule has 6 heteroatoms. The second kappa shape index (κ2) is 7.47. The molecule has 22 heavy (non-hydrogen) atoms. The van der Waals surface area contributed by atoms with Gasteiger partial charge in [-0.05, 0) is 41.8 Å². The number of aromatic nitrogens is 1. The van der Waals surface area contributed by atoms with Crippen LogP contribution in [0.3, 0.4) is 0 Å². The van der Waals surface area contributed by atoms with Crippen molar-refractivity contribution >= 4 is 10.0 Å². The number of benzene rings is 1. The summed E-state index contributed by atoms with van der Waals surface area (Å²) < 4.78 is 40.2. The van der Waals surface area contributed by atoms with Gasteiger partial charge in [0.25, 0.3) is 0 Å². The Balaban J connectivity index is 2.32. The van der Waals surface area contributed by atoms with Crippen LogP contribution in [-0.4, -0.2) is 19.2 Å². The fourth-order valence-corrected chi connectivity index (χ4v) is 3.53. The molecule has 0 fully saturated rings. The number of nitrogens with zero attached hydrogens (tertiary/aromatic N) is 1. The Morgan fingerprint density at radius 3 is 2.27 bits per heavy atom. The van der Waals surface area contributed by atoms with E-state index < -0.39 is 16.1 Å². The molecule has 1 aromatic heterocycles. The lowest BCUT2D eigenvalue weighted by atomic mass is 10.0.